The zero-order chi connectivity index (χ0) is 23.8. The van der Waals surface area contributed by atoms with Crippen LogP contribution in [0.2, 0.25) is 0 Å². The Morgan fingerprint density at radius 3 is 2.27 bits per heavy atom. The van der Waals surface area contributed by atoms with E-state index in [1.165, 1.54) is 18.3 Å². The number of aromatic nitrogens is 1. The summed E-state index contributed by atoms with van der Waals surface area (Å²) in [7, 11) is 1.59. The van der Waals surface area contributed by atoms with E-state index in [0.29, 0.717) is 23.7 Å². The van der Waals surface area contributed by atoms with Crippen molar-refractivity contribution in [3.05, 3.63) is 83.6 Å². The maximum Gasteiger partial charge on any atom is 0.337 e. The van der Waals surface area contributed by atoms with Crippen LogP contribution in [0.3, 0.4) is 0 Å². The third-order valence-electron chi connectivity index (χ3n) is 4.71. The molecule has 0 fully saturated rings. The normalized spacial score (nSPS) is 12.5. The number of nitrogens with zero attached hydrogens (tertiary/aromatic N) is 1. The molecule has 0 aliphatic heterocycles. The lowest BCUT2D eigenvalue weighted by molar-refractivity contribution is 0.0696. The van der Waals surface area contributed by atoms with Gasteiger partial charge in [-0.05, 0) is 43.7 Å². The van der Waals surface area contributed by atoms with Gasteiger partial charge in [0.2, 0.25) is 0 Å². The number of pyridine rings is 1. The van der Waals surface area contributed by atoms with Gasteiger partial charge in [0.05, 0.1) is 12.2 Å². The Morgan fingerprint density at radius 2 is 1.67 bits per heavy atom. The van der Waals surface area contributed by atoms with Crippen molar-refractivity contribution in [1.29, 1.82) is 0 Å². The number of ether oxygens (including phenoxy) is 3. The molecular weight excluding hydrogens is 424 g/mol. The lowest BCUT2D eigenvalue weighted by Gasteiger charge is -2.19. The molecule has 1 aromatic heterocycles. The number of rotatable bonds is 10. The van der Waals surface area contributed by atoms with Gasteiger partial charge >= 0.3 is 5.97 Å². The van der Waals surface area contributed by atoms with Gasteiger partial charge in [0.25, 0.3) is 5.91 Å². The predicted molar refractivity (Wildman–Crippen MR) is 123 cm³/mol. The summed E-state index contributed by atoms with van der Waals surface area (Å²) < 4.78 is 17.1. The summed E-state index contributed by atoms with van der Waals surface area (Å²) in [4.78, 5) is 27.9. The topological polar surface area (TPSA) is 107 Å². The van der Waals surface area contributed by atoms with E-state index in [1.807, 2.05) is 44.2 Å². The number of methoxy groups -OCH3 is 1. The number of carbonyl (C=O) groups excluding carboxylic acids is 1. The first-order valence-corrected chi connectivity index (χ1v) is 10.4. The average molecular weight is 450 g/mol. The molecule has 8 heteroatoms. The van der Waals surface area contributed by atoms with Gasteiger partial charge in [0.15, 0.2) is 0 Å². The minimum absolute atomic E-state index is 0.0288. The van der Waals surface area contributed by atoms with Crippen LogP contribution in [0, 0.1) is 0 Å². The molecule has 8 nitrogen and oxygen atoms in total. The molecule has 2 unspecified atom stereocenters. The maximum atomic E-state index is 12.9. The summed E-state index contributed by atoms with van der Waals surface area (Å²) >= 11 is 0. The third kappa shape index (κ3) is 6.78. The van der Waals surface area contributed by atoms with Gasteiger partial charge in [0.1, 0.15) is 29.5 Å². The Bertz CT molecular complexity index is 1090. The molecule has 2 aromatic carbocycles. The molecule has 0 aliphatic rings. The van der Waals surface area contributed by atoms with E-state index in [1.54, 1.807) is 25.3 Å². The van der Waals surface area contributed by atoms with Crippen LogP contribution in [0.5, 0.6) is 11.5 Å². The summed E-state index contributed by atoms with van der Waals surface area (Å²) in [6.45, 7) is 4.16. The summed E-state index contributed by atoms with van der Waals surface area (Å²) in [6.07, 6.45) is 0.692. The summed E-state index contributed by atoms with van der Waals surface area (Å²) in [6, 6.07) is 17.5. The molecule has 2 N–H and O–H groups in total. The molecular formula is C25H26N2O6. The molecule has 0 spiro atoms. The highest BCUT2D eigenvalue weighted by Crippen LogP contribution is 2.28. The van der Waals surface area contributed by atoms with E-state index < -0.39 is 11.9 Å². The molecule has 0 bridgehead atoms. The smallest absolute Gasteiger partial charge is 0.337 e. The molecule has 33 heavy (non-hydrogen) atoms. The van der Waals surface area contributed by atoms with Gasteiger partial charge in [-0.3, -0.25) is 4.79 Å². The Hall–Kier alpha value is -3.91. The van der Waals surface area contributed by atoms with Gasteiger partial charge < -0.3 is 24.6 Å². The van der Waals surface area contributed by atoms with Crippen LogP contribution in [0.25, 0.3) is 0 Å². The van der Waals surface area contributed by atoms with Gasteiger partial charge in [-0.15, -0.1) is 0 Å². The molecule has 1 heterocycles. The molecule has 0 saturated carbocycles. The molecule has 0 radical (unpaired) electrons. The van der Waals surface area contributed by atoms with Crippen molar-refractivity contribution < 1.29 is 28.9 Å². The van der Waals surface area contributed by atoms with E-state index in [-0.39, 0.29) is 23.6 Å². The average Bonchev–Trinajstić information content (AvgIpc) is 2.80. The standard InChI is InChI=1S/C25H26N2O6/c1-16(15-31-3)32-21-11-20(24(28)27-23-10-9-19(14-26-23)25(29)30)12-22(13-21)33-17(2)18-7-5-4-6-8-18/h4-14,16-17H,15H2,1-3H3,(H,29,30)(H,26,27,28). The van der Waals surface area contributed by atoms with E-state index >= 15 is 0 Å². The van der Waals surface area contributed by atoms with Gasteiger partial charge in [-0.2, -0.15) is 0 Å². The SMILES string of the molecule is COCC(C)Oc1cc(OC(C)c2ccccc2)cc(C(=O)Nc2ccc(C(=O)O)cn2)c1. The zero-order valence-corrected chi connectivity index (χ0v) is 18.6. The van der Waals surface area contributed by atoms with Gasteiger partial charge in [0, 0.05) is 24.9 Å². The Balaban J connectivity index is 1.84. The van der Waals surface area contributed by atoms with Crippen LogP contribution in [-0.2, 0) is 4.74 Å². The van der Waals surface area contributed by atoms with Gasteiger partial charge in [-0.1, -0.05) is 30.3 Å². The second kappa shape index (κ2) is 11.1. The van der Waals surface area contributed by atoms with E-state index in [2.05, 4.69) is 10.3 Å². The number of carboxylic acid groups (broad SMARTS) is 1. The first-order valence-electron chi connectivity index (χ1n) is 10.4. The lowest BCUT2D eigenvalue weighted by atomic mass is 10.1. The number of carbonyl (C=O) groups is 2. The molecule has 1 amide bonds. The minimum Gasteiger partial charge on any atom is -0.488 e. The van der Waals surface area contributed by atoms with Crippen molar-refractivity contribution in [1.82, 2.24) is 4.98 Å². The van der Waals surface area contributed by atoms with E-state index in [0.717, 1.165) is 5.56 Å². The minimum atomic E-state index is -1.09. The van der Waals surface area contributed by atoms with E-state index in [9.17, 15) is 9.59 Å². The van der Waals surface area contributed by atoms with Crippen molar-refractivity contribution in [2.75, 3.05) is 19.0 Å². The summed E-state index contributed by atoms with van der Waals surface area (Å²) in [5.41, 5.74) is 1.32. The number of aromatic carboxylic acids is 1. The van der Waals surface area contributed by atoms with Crippen molar-refractivity contribution >= 4 is 17.7 Å². The number of hydrogen-bond acceptors (Lipinski definition) is 6. The van der Waals surface area contributed by atoms with E-state index in [4.69, 9.17) is 19.3 Å². The highest BCUT2D eigenvalue weighted by molar-refractivity contribution is 6.04. The maximum absolute atomic E-state index is 12.9. The molecule has 0 aliphatic carbocycles. The first-order chi connectivity index (χ1) is 15.9. The lowest BCUT2D eigenvalue weighted by Crippen LogP contribution is -2.19. The Labute approximate surface area is 192 Å². The monoisotopic (exact) mass is 450 g/mol. The number of hydrogen-bond donors (Lipinski definition) is 2. The van der Waals surface area contributed by atoms with Gasteiger partial charge in [-0.25, -0.2) is 9.78 Å². The first kappa shape index (κ1) is 23.7. The highest BCUT2D eigenvalue weighted by Gasteiger charge is 2.15. The predicted octanol–water partition coefficient (Wildman–Crippen LogP) is 4.59. The van der Waals surface area contributed by atoms with Crippen molar-refractivity contribution in [2.24, 2.45) is 0 Å². The van der Waals surface area contributed by atoms with Crippen molar-refractivity contribution in [3.8, 4) is 11.5 Å². The third-order valence-corrected chi connectivity index (χ3v) is 4.71. The second-order valence-electron chi connectivity index (χ2n) is 7.44. The van der Waals surface area contributed by atoms with Crippen LogP contribution in [-0.4, -0.2) is 41.8 Å². The number of carboxylic acids is 1. The molecule has 3 aromatic rings. The Kier molecular flexibility index (Phi) is 7.99. The number of nitrogens with one attached hydrogen (secondary N) is 1. The van der Waals surface area contributed by atoms with Crippen LogP contribution in [0.15, 0.2) is 66.9 Å². The number of benzene rings is 2. The number of amides is 1. The fourth-order valence-corrected chi connectivity index (χ4v) is 3.12. The van der Waals surface area contributed by atoms with Crippen molar-refractivity contribution in [2.45, 2.75) is 26.1 Å². The van der Waals surface area contributed by atoms with Crippen LogP contribution in [0.4, 0.5) is 5.82 Å². The van der Waals surface area contributed by atoms with Crippen LogP contribution in [0.1, 0.15) is 46.2 Å². The summed E-state index contributed by atoms with van der Waals surface area (Å²) in [5.74, 6) is -0.383. The quantitative estimate of drug-likeness (QED) is 0.465. The molecule has 172 valence electrons. The van der Waals surface area contributed by atoms with Crippen molar-refractivity contribution in [3.63, 3.8) is 0 Å². The summed E-state index contributed by atoms with van der Waals surface area (Å²) in [5, 5.41) is 11.7. The van der Waals surface area contributed by atoms with Crippen LogP contribution >= 0.6 is 0 Å². The Morgan fingerprint density at radius 1 is 0.970 bits per heavy atom. The fourth-order valence-electron chi connectivity index (χ4n) is 3.12. The molecule has 2 atom stereocenters. The van der Waals surface area contributed by atoms with Crippen LogP contribution < -0.4 is 14.8 Å². The molecule has 0 saturated heterocycles. The fraction of sp³-hybridized carbons (Fsp3) is 0.240. The second-order valence-corrected chi connectivity index (χ2v) is 7.44. The largest absolute Gasteiger partial charge is 0.488 e. The zero-order valence-electron chi connectivity index (χ0n) is 18.6. The number of anilines is 1. The highest BCUT2D eigenvalue weighted by atomic mass is 16.5. The molecule has 3 rings (SSSR count).